The SMILES string of the molecule is CCCNC(Cc1cnn(C)c1)c1cc(C)cc(F)c1. The summed E-state index contributed by atoms with van der Waals surface area (Å²) in [5.41, 5.74) is 3.11. The first-order valence-electron chi connectivity index (χ1n) is 7.06. The van der Waals surface area contributed by atoms with Crippen LogP contribution in [0.1, 0.15) is 36.1 Å². The van der Waals surface area contributed by atoms with Crippen molar-refractivity contribution in [1.29, 1.82) is 0 Å². The first-order valence-corrected chi connectivity index (χ1v) is 7.06. The predicted molar refractivity (Wildman–Crippen MR) is 79.1 cm³/mol. The van der Waals surface area contributed by atoms with Gasteiger partial charge in [0.15, 0.2) is 0 Å². The summed E-state index contributed by atoms with van der Waals surface area (Å²) in [6, 6.07) is 5.35. The minimum Gasteiger partial charge on any atom is -0.310 e. The largest absolute Gasteiger partial charge is 0.310 e. The molecule has 108 valence electrons. The summed E-state index contributed by atoms with van der Waals surface area (Å²) in [6.45, 7) is 4.97. The molecule has 4 heteroatoms. The Hall–Kier alpha value is -1.68. The van der Waals surface area contributed by atoms with Crippen LogP contribution >= 0.6 is 0 Å². The molecule has 3 nitrogen and oxygen atoms in total. The lowest BCUT2D eigenvalue weighted by molar-refractivity contribution is 0.523. The molecule has 1 aromatic carbocycles. The Kier molecular flexibility index (Phi) is 4.90. The zero-order chi connectivity index (χ0) is 14.5. The van der Waals surface area contributed by atoms with Gasteiger partial charge in [-0.25, -0.2) is 4.39 Å². The number of nitrogens with one attached hydrogen (secondary N) is 1. The number of nitrogens with zero attached hydrogens (tertiary/aromatic N) is 2. The highest BCUT2D eigenvalue weighted by Crippen LogP contribution is 2.21. The third kappa shape index (κ3) is 3.90. The zero-order valence-electron chi connectivity index (χ0n) is 12.4. The highest BCUT2D eigenvalue weighted by molar-refractivity contribution is 5.27. The second kappa shape index (κ2) is 6.66. The fourth-order valence-electron chi connectivity index (χ4n) is 2.41. The molecule has 0 saturated carbocycles. The number of benzene rings is 1. The second-order valence-electron chi connectivity index (χ2n) is 5.30. The smallest absolute Gasteiger partial charge is 0.123 e. The van der Waals surface area contributed by atoms with Crippen LogP contribution in [0.25, 0.3) is 0 Å². The Morgan fingerprint density at radius 1 is 1.35 bits per heavy atom. The minimum absolute atomic E-state index is 0.119. The van der Waals surface area contributed by atoms with Gasteiger partial charge in [-0.3, -0.25) is 4.68 Å². The van der Waals surface area contributed by atoms with E-state index in [1.54, 1.807) is 16.8 Å². The molecule has 1 heterocycles. The highest BCUT2D eigenvalue weighted by Gasteiger charge is 2.14. The normalized spacial score (nSPS) is 12.6. The lowest BCUT2D eigenvalue weighted by Crippen LogP contribution is -2.24. The van der Waals surface area contributed by atoms with Crippen LogP contribution in [0.3, 0.4) is 0 Å². The molecular formula is C16H22FN3. The topological polar surface area (TPSA) is 29.9 Å². The molecule has 2 aromatic rings. The maximum atomic E-state index is 13.6. The van der Waals surface area contributed by atoms with Crippen LogP contribution in [-0.2, 0) is 13.5 Å². The summed E-state index contributed by atoms with van der Waals surface area (Å²) in [5, 5.41) is 7.69. The number of aromatic nitrogens is 2. The van der Waals surface area contributed by atoms with E-state index in [1.165, 1.54) is 0 Å². The van der Waals surface area contributed by atoms with E-state index in [1.807, 2.05) is 32.4 Å². The van der Waals surface area contributed by atoms with Gasteiger partial charge in [0.1, 0.15) is 5.82 Å². The molecule has 0 aliphatic heterocycles. The first-order chi connectivity index (χ1) is 9.58. The van der Waals surface area contributed by atoms with Crippen molar-refractivity contribution in [3.05, 3.63) is 53.1 Å². The van der Waals surface area contributed by atoms with Crippen molar-refractivity contribution in [1.82, 2.24) is 15.1 Å². The second-order valence-corrected chi connectivity index (χ2v) is 5.30. The molecule has 0 saturated heterocycles. The molecule has 1 atom stereocenters. The molecule has 1 unspecified atom stereocenters. The van der Waals surface area contributed by atoms with E-state index in [2.05, 4.69) is 17.3 Å². The van der Waals surface area contributed by atoms with Crippen LogP contribution in [0.4, 0.5) is 4.39 Å². The summed E-state index contributed by atoms with van der Waals surface area (Å²) in [7, 11) is 1.91. The first kappa shape index (κ1) is 14.7. The fourth-order valence-corrected chi connectivity index (χ4v) is 2.41. The van der Waals surface area contributed by atoms with Crippen molar-refractivity contribution in [2.75, 3.05) is 6.54 Å². The van der Waals surface area contributed by atoms with E-state index in [-0.39, 0.29) is 11.9 Å². The molecule has 0 aliphatic rings. The lowest BCUT2D eigenvalue weighted by atomic mass is 9.98. The summed E-state index contributed by atoms with van der Waals surface area (Å²) in [5.74, 6) is -0.172. The quantitative estimate of drug-likeness (QED) is 0.877. The molecule has 0 radical (unpaired) electrons. The van der Waals surface area contributed by atoms with Crippen LogP contribution in [0.2, 0.25) is 0 Å². The molecule has 20 heavy (non-hydrogen) atoms. The third-order valence-electron chi connectivity index (χ3n) is 3.31. The number of hydrogen-bond acceptors (Lipinski definition) is 2. The number of rotatable bonds is 6. The van der Waals surface area contributed by atoms with Crippen LogP contribution in [0.15, 0.2) is 30.6 Å². The minimum atomic E-state index is -0.172. The monoisotopic (exact) mass is 275 g/mol. The summed E-state index contributed by atoms with van der Waals surface area (Å²) in [4.78, 5) is 0. The van der Waals surface area contributed by atoms with Gasteiger partial charge in [0, 0.05) is 19.3 Å². The van der Waals surface area contributed by atoms with Gasteiger partial charge in [-0.1, -0.05) is 13.0 Å². The Balaban J connectivity index is 2.21. The molecule has 2 rings (SSSR count). The van der Waals surface area contributed by atoms with Crippen molar-refractivity contribution in [3.63, 3.8) is 0 Å². The van der Waals surface area contributed by atoms with Gasteiger partial charge >= 0.3 is 0 Å². The Morgan fingerprint density at radius 2 is 2.15 bits per heavy atom. The zero-order valence-corrected chi connectivity index (χ0v) is 12.4. The molecule has 1 N–H and O–H groups in total. The van der Waals surface area contributed by atoms with Gasteiger partial charge in [0.2, 0.25) is 0 Å². The van der Waals surface area contributed by atoms with Gasteiger partial charge in [0.25, 0.3) is 0 Å². The summed E-state index contributed by atoms with van der Waals surface area (Å²) >= 11 is 0. The van der Waals surface area contributed by atoms with Crippen LogP contribution in [0.5, 0.6) is 0 Å². The van der Waals surface area contributed by atoms with Gasteiger partial charge in [0.05, 0.1) is 6.20 Å². The maximum Gasteiger partial charge on any atom is 0.123 e. The van der Waals surface area contributed by atoms with Crippen LogP contribution < -0.4 is 5.32 Å². The van der Waals surface area contributed by atoms with Gasteiger partial charge in [-0.15, -0.1) is 0 Å². The van der Waals surface area contributed by atoms with Crippen molar-refractivity contribution in [3.8, 4) is 0 Å². The number of hydrogen-bond donors (Lipinski definition) is 1. The standard InChI is InChI=1S/C16H22FN3/c1-4-5-18-16(8-13-10-19-20(3)11-13)14-6-12(2)7-15(17)9-14/h6-7,9-11,16,18H,4-5,8H2,1-3H3. The fraction of sp³-hybridized carbons (Fsp3) is 0.438. The summed E-state index contributed by atoms with van der Waals surface area (Å²) < 4.78 is 15.4. The lowest BCUT2D eigenvalue weighted by Gasteiger charge is -2.19. The van der Waals surface area contributed by atoms with E-state index in [9.17, 15) is 4.39 Å². The Bertz CT molecular complexity index is 542. The average molecular weight is 275 g/mol. The number of halogens is 1. The van der Waals surface area contributed by atoms with E-state index in [0.29, 0.717) is 0 Å². The van der Waals surface area contributed by atoms with Crippen molar-refractivity contribution in [2.24, 2.45) is 7.05 Å². The molecule has 0 aliphatic carbocycles. The highest BCUT2D eigenvalue weighted by atomic mass is 19.1. The molecule has 0 amide bonds. The van der Waals surface area contributed by atoms with Crippen molar-refractivity contribution in [2.45, 2.75) is 32.7 Å². The average Bonchev–Trinajstić information content (AvgIpc) is 2.79. The predicted octanol–water partition coefficient (Wildman–Crippen LogP) is 3.15. The molecule has 0 fully saturated rings. The van der Waals surface area contributed by atoms with E-state index in [4.69, 9.17) is 0 Å². The Morgan fingerprint density at radius 3 is 2.75 bits per heavy atom. The molecule has 1 aromatic heterocycles. The molecular weight excluding hydrogens is 253 g/mol. The molecule has 0 spiro atoms. The Labute approximate surface area is 119 Å². The van der Waals surface area contributed by atoms with Gasteiger partial charge in [-0.2, -0.15) is 5.10 Å². The van der Waals surface area contributed by atoms with E-state index >= 15 is 0 Å². The van der Waals surface area contributed by atoms with Crippen LogP contribution in [0, 0.1) is 12.7 Å². The van der Waals surface area contributed by atoms with Crippen molar-refractivity contribution >= 4 is 0 Å². The van der Waals surface area contributed by atoms with E-state index < -0.39 is 0 Å². The van der Waals surface area contributed by atoms with Crippen LogP contribution in [-0.4, -0.2) is 16.3 Å². The van der Waals surface area contributed by atoms with E-state index in [0.717, 1.165) is 36.1 Å². The van der Waals surface area contributed by atoms with Gasteiger partial charge < -0.3 is 5.32 Å². The maximum absolute atomic E-state index is 13.6. The van der Waals surface area contributed by atoms with Gasteiger partial charge in [-0.05, 0) is 55.1 Å². The van der Waals surface area contributed by atoms with Crippen molar-refractivity contribution < 1.29 is 4.39 Å². The summed E-state index contributed by atoms with van der Waals surface area (Å²) in [6.07, 6.45) is 5.74. The third-order valence-corrected chi connectivity index (χ3v) is 3.31. The number of aryl methyl sites for hydroxylation is 2. The molecule has 0 bridgehead atoms.